The third-order valence-electron chi connectivity index (χ3n) is 3.69. The first kappa shape index (κ1) is 22.0. The summed E-state index contributed by atoms with van der Waals surface area (Å²) in [7, 11) is 0. The zero-order chi connectivity index (χ0) is 22.3. The lowest BCUT2D eigenvalue weighted by atomic mass is 10.2. The highest BCUT2D eigenvalue weighted by molar-refractivity contribution is 5.90. The zero-order valence-corrected chi connectivity index (χ0v) is 15.9. The lowest BCUT2D eigenvalue weighted by Crippen LogP contribution is -2.16. The van der Waals surface area contributed by atoms with E-state index in [-0.39, 0.29) is 22.5 Å². The molecule has 0 saturated heterocycles. The van der Waals surface area contributed by atoms with Gasteiger partial charge in [0.1, 0.15) is 0 Å². The summed E-state index contributed by atoms with van der Waals surface area (Å²) in [5.41, 5.74) is -0.0371. The van der Waals surface area contributed by atoms with Crippen molar-refractivity contribution in [1.82, 2.24) is 0 Å². The van der Waals surface area contributed by atoms with Crippen molar-refractivity contribution in [2.24, 2.45) is 0 Å². The van der Waals surface area contributed by atoms with Gasteiger partial charge in [-0.25, -0.2) is 9.59 Å². The highest BCUT2D eigenvalue weighted by Gasteiger charge is 2.14. The molecule has 0 spiro atoms. The molecule has 2 aromatic rings. The van der Waals surface area contributed by atoms with Crippen molar-refractivity contribution in [1.29, 1.82) is 0 Å². The molecule has 30 heavy (non-hydrogen) atoms. The largest absolute Gasteiger partial charge is 0.446 e. The second-order valence-electron chi connectivity index (χ2n) is 5.99. The van der Waals surface area contributed by atoms with E-state index in [2.05, 4.69) is 11.8 Å². The van der Waals surface area contributed by atoms with Crippen LogP contribution >= 0.6 is 0 Å². The monoisotopic (exact) mass is 412 g/mol. The van der Waals surface area contributed by atoms with E-state index in [9.17, 15) is 29.8 Å². The number of carbonyl (C=O) groups is 2. The molecule has 0 amide bonds. The van der Waals surface area contributed by atoms with E-state index in [1.165, 1.54) is 62.4 Å². The highest BCUT2D eigenvalue weighted by Crippen LogP contribution is 2.14. The molecule has 0 fully saturated rings. The van der Waals surface area contributed by atoms with E-state index in [1.807, 2.05) is 0 Å². The van der Waals surface area contributed by atoms with Gasteiger partial charge < -0.3 is 9.47 Å². The summed E-state index contributed by atoms with van der Waals surface area (Å²) in [6.45, 7) is 3.03. The number of esters is 2. The summed E-state index contributed by atoms with van der Waals surface area (Å²) in [4.78, 5) is 44.1. The Balaban J connectivity index is 1.90. The summed E-state index contributed by atoms with van der Waals surface area (Å²) in [5, 5.41) is 21.3. The summed E-state index contributed by atoms with van der Waals surface area (Å²) < 4.78 is 10.3. The fourth-order valence-corrected chi connectivity index (χ4v) is 2.19. The molecule has 0 aliphatic rings. The molecule has 2 aromatic carbocycles. The van der Waals surface area contributed by atoms with Crippen LogP contribution < -0.4 is 0 Å². The van der Waals surface area contributed by atoms with E-state index in [0.29, 0.717) is 0 Å². The van der Waals surface area contributed by atoms with Gasteiger partial charge in [-0.15, -0.1) is 0 Å². The zero-order valence-electron chi connectivity index (χ0n) is 15.9. The predicted octanol–water partition coefficient (Wildman–Crippen LogP) is 3.30. The van der Waals surface area contributed by atoms with Crippen LogP contribution in [0, 0.1) is 32.1 Å². The van der Waals surface area contributed by atoms with Crippen molar-refractivity contribution in [3.63, 3.8) is 0 Å². The van der Waals surface area contributed by atoms with Gasteiger partial charge in [-0.2, -0.15) is 0 Å². The number of hydrogen-bond donors (Lipinski definition) is 0. The number of hydrogen-bond acceptors (Lipinski definition) is 8. The predicted molar refractivity (Wildman–Crippen MR) is 104 cm³/mol. The minimum absolute atomic E-state index is 0.131. The van der Waals surface area contributed by atoms with Gasteiger partial charge in [0.2, 0.25) is 0 Å². The quantitative estimate of drug-likeness (QED) is 0.305. The molecule has 2 atom stereocenters. The van der Waals surface area contributed by atoms with E-state index in [0.717, 1.165) is 0 Å². The molecule has 0 saturated carbocycles. The Kier molecular flexibility index (Phi) is 7.19. The van der Waals surface area contributed by atoms with Crippen molar-refractivity contribution in [3.05, 3.63) is 79.9 Å². The van der Waals surface area contributed by atoms with Crippen LogP contribution in [0.1, 0.15) is 34.6 Å². The number of rotatable bonds is 6. The third-order valence-corrected chi connectivity index (χ3v) is 3.69. The number of nitro groups is 2. The SMILES string of the molecule is CC(C#CC(C)OC(=O)c1ccc([N+](=O)[O-])cc1)OC(=O)c1ccc([N+](=O)[O-])cc1. The number of nitrogens with zero attached hydrogens (tertiary/aromatic N) is 2. The molecule has 0 aromatic heterocycles. The maximum atomic E-state index is 12.0. The molecule has 0 bridgehead atoms. The van der Waals surface area contributed by atoms with Crippen molar-refractivity contribution < 1.29 is 28.9 Å². The summed E-state index contributed by atoms with van der Waals surface area (Å²) in [6.07, 6.45) is -1.65. The lowest BCUT2D eigenvalue weighted by Gasteiger charge is -2.09. The Hall–Kier alpha value is -4.26. The van der Waals surface area contributed by atoms with Crippen LogP contribution in [-0.4, -0.2) is 34.0 Å². The average Bonchev–Trinajstić information content (AvgIpc) is 2.72. The number of nitro benzene ring substituents is 2. The van der Waals surface area contributed by atoms with Crippen molar-refractivity contribution in [2.45, 2.75) is 26.1 Å². The number of carbonyl (C=O) groups excluding carboxylic acids is 2. The van der Waals surface area contributed by atoms with Crippen LogP contribution in [0.15, 0.2) is 48.5 Å². The fourth-order valence-electron chi connectivity index (χ4n) is 2.19. The van der Waals surface area contributed by atoms with Gasteiger partial charge in [0.15, 0.2) is 12.2 Å². The van der Waals surface area contributed by atoms with Crippen molar-refractivity contribution in [2.75, 3.05) is 0 Å². The first-order chi connectivity index (χ1) is 14.2. The lowest BCUT2D eigenvalue weighted by molar-refractivity contribution is -0.385. The summed E-state index contributed by atoms with van der Waals surface area (Å²) in [6, 6.07) is 9.84. The van der Waals surface area contributed by atoms with Gasteiger partial charge in [0.25, 0.3) is 11.4 Å². The normalized spacial score (nSPS) is 11.9. The first-order valence-electron chi connectivity index (χ1n) is 8.59. The van der Waals surface area contributed by atoms with Gasteiger partial charge in [0, 0.05) is 24.3 Å². The fraction of sp³-hybridized carbons (Fsp3) is 0.200. The Morgan fingerprint density at radius 3 is 1.30 bits per heavy atom. The molecule has 2 rings (SSSR count). The van der Waals surface area contributed by atoms with E-state index in [1.54, 1.807) is 0 Å². The van der Waals surface area contributed by atoms with Gasteiger partial charge in [-0.1, -0.05) is 11.8 Å². The molecular formula is C20H16N2O8. The molecule has 154 valence electrons. The number of ether oxygens (including phenoxy) is 2. The Morgan fingerprint density at radius 1 is 0.733 bits per heavy atom. The van der Waals surface area contributed by atoms with E-state index >= 15 is 0 Å². The summed E-state index contributed by atoms with van der Waals surface area (Å²) in [5.74, 6) is 3.84. The van der Waals surface area contributed by atoms with Crippen molar-refractivity contribution in [3.8, 4) is 11.8 Å². The van der Waals surface area contributed by atoms with E-state index in [4.69, 9.17) is 9.47 Å². The number of non-ortho nitro benzene ring substituents is 2. The topological polar surface area (TPSA) is 139 Å². The van der Waals surface area contributed by atoms with Crippen LogP contribution in [0.5, 0.6) is 0 Å². The van der Waals surface area contributed by atoms with Gasteiger partial charge >= 0.3 is 11.9 Å². The third kappa shape index (κ3) is 6.13. The molecular weight excluding hydrogens is 396 g/mol. The second kappa shape index (κ2) is 9.79. The van der Waals surface area contributed by atoms with Crippen LogP contribution in [0.2, 0.25) is 0 Å². The molecule has 0 N–H and O–H groups in total. The minimum Gasteiger partial charge on any atom is -0.446 e. The van der Waals surface area contributed by atoms with Crippen molar-refractivity contribution >= 4 is 23.3 Å². The van der Waals surface area contributed by atoms with E-state index < -0.39 is 34.0 Å². The molecule has 10 nitrogen and oxygen atoms in total. The number of benzene rings is 2. The second-order valence-corrected chi connectivity index (χ2v) is 5.99. The molecule has 0 aliphatic heterocycles. The Labute approximate surface area is 170 Å². The van der Waals surface area contributed by atoms with Gasteiger partial charge in [-0.3, -0.25) is 20.2 Å². The first-order valence-corrected chi connectivity index (χ1v) is 8.59. The Bertz CT molecular complexity index is 938. The molecule has 10 heteroatoms. The Morgan fingerprint density at radius 2 is 1.03 bits per heavy atom. The maximum absolute atomic E-state index is 12.0. The molecule has 2 unspecified atom stereocenters. The average molecular weight is 412 g/mol. The van der Waals surface area contributed by atoms with Crippen LogP contribution in [0.3, 0.4) is 0 Å². The standard InChI is InChI=1S/C20H16N2O8/c1-13(29-19(23)15-5-9-17(10-6-15)21(25)26)3-4-14(2)30-20(24)16-7-11-18(12-8-16)22(27)28/h5-14H,1-2H3. The van der Waals surface area contributed by atoms with Crippen LogP contribution in [0.4, 0.5) is 11.4 Å². The molecule has 0 radical (unpaired) electrons. The van der Waals surface area contributed by atoms with Gasteiger partial charge in [0.05, 0.1) is 21.0 Å². The highest BCUT2D eigenvalue weighted by atomic mass is 16.6. The smallest absolute Gasteiger partial charge is 0.339 e. The minimum atomic E-state index is -0.826. The van der Waals surface area contributed by atoms with Crippen LogP contribution in [0.25, 0.3) is 0 Å². The summed E-state index contributed by atoms with van der Waals surface area (Å²) >= 11 is 0. The molecule has 0 aliphatic carbocycles. The van der Waals surface area contributed by atoms with Crippen LogP contribution in [-0.2, 0) is 9.47 Å². The molecule has 0 heterocycles. The maximum Gasteiger partial charge on any atom is 0.339 e. The van der Waals surface area contributed by atoms with Gasteiger partial charge in [-0.05, 0) is 38.1 Å².